The first kappa shape index (κ1) is 13.6. The largest absolute Gasteiger partial charge is 0.300 e. The highest BCUT2D eigenvalue weighted by Gasteiger charge is 2.13. The van der Waals surface area contributed by atoms with Crippen molar-refractivity contribution in [2.45, 2.75) is 20.4 Å². The van der Waals surface area contributed by atoms with Gasteiger partial charge in [0.15, 0.2) is 10.6 Å². The van der Waals surface area contributed by atoms with Crippen LogP contribution in [-0.4, -0.2) is 14.8 Å². The summed E-state index contributed by atoms with van der Waals surface area (Å²) in [5.41, 5.74) is 0.789. The van der Waals surface area contributed by atoms with E-state index in [0.717, 1.165) is 17.9 Å². The van der Waals surface area contributed by atoms with Crippen LogP contribution in [0.5, 0.6) is 0 Å². The van der Waals surface area contributed by atoms with Gasteiger partial charge in [0.25, 0.3) is 0 Å². The van der Waals surface area contributed by atoms with Crippen LogP contribution in [0.15, 0.2) is 18.2 Å². The van der Waals surface area contributed by atoms with Crippen molar-refractivity contribution in [1.29, 1.82) is 0 Å². The highest BCUT2D eigenvalue weighted by molar-refractivity contribution is 7.71. The summed E-state index contributed by atoms with van der Waals surface area (Å²) >= 11 is 17.4. The molecule has 1 heterocycles. The van der Waals surface area contributed by atoms with Gasteiger partial charge in [-0.25, -0.2) is 0 Å². The summed E-state index contributed by atoms with van der Waals surface area (Å²) in [6.45, 7) is 5.03. The van der Waals surface area contributed by atoms with Crippen LogP contribution < -0.4 is 0 Å². The molecule has 0 spiro atoms. The van der Waals surface area contributed by atoms with E-state index < -0.39 is 0 Å². The van der Waals surface area contributed by atoms with E-state index in [0.29, 0.717) is 20.7 Å². The van der Waals surface area contributed by atoms with Crippen molar-refractivity contribution in [2.75, 3.05) is 0 Å². The molecule has 0 radical (unpaired) electrons. The SMILES string of the molecule is CC(C)Cn1c(-c2cc(Cl)ccc2Cl)n[nH]c1=S. The molecule has 0 saturated carbocycles. The highest BCUT2D eigenvalue weighted by atomic mass is 35.5. The number of halogens is 2. The topological polar surface area (TPSA) is 33.6 Å². The summed E-state index contributed by atoms with van der Waals surface area (Å²) in [6, 6.07) is 5.31. The fourth-order valence-corrected chi connectivity index (χ4v) is 2.31. The Bertz CT molecular complexity index is 616. The van der Waals surface area contributed by atoms with Crippen LogP contribution in [0.4, 0.5) is 0 Å². The average Bonchev–Trinajstić information content (AvgIpc) is 2.64. The lowest BCUT2D eigenvalue weighted by atomic mass is 10.2. The molecule has 0 bridgehead atoms. The molecule has 2 aromatic rings. The zero-order valence-corrected chi connectivity index (χ0v) is 12.4. The molecule has 0 aliphatic rings. The number of hydrogen-bond donors (Lipinski definition) is 1. The molecule has 1 N–H and O–H groups in total. The third-order valence-electron chi connectivity index (χ3n) is 2.48. The van der Waals surface area contributed by atoms with Crippen LogP contribution in [0.3, 0.4) is 0 Å². The van der Waals surface area contributed by atoms with E-state index >= 15 is 0 Å². The highest BCUT2D eigenvalue weighted by Crippen LogP contribution is 2.29. The zero-order valence-electron chi connectivity index (χ0n) is 10.1. The van der Waals surface area contributed by atoms with Gasteiger partial charge in [-0.2, -0.15) is 5.10 Å². The minimum atomic E-state index is 0.464. The van der Waals surface area contributed by atoms with Crippen molar-refractivity contribution in [3.63, 3.8) is 0 Å². The molecular weight excluding hydrogens is 289 g/mol. The van der Waals surface area contributed by atoms with E-state index in [1.807, 2.05) is 4.57 Å². The van der Waals surface area contributed by atoms with E-state index in [4.69, 9.17) is 35.4 Å². The minimum absolute atomic E-state index is 0.464. The number of nitrogens with one attached hydrogen (secondary N) is 1. The van der Waals surface area contributed by atoms with Gasteiger partial charge in [-0.3, -0.25) is 9.67 Å². The number of aromatic nitrogens is 3. The van der Waals surface area contributed by atoms with Crippen LogP contribution in [-0.2, 0) is 6.54 Å². The second-order valence-electron chi connectivity index (χ2n) is 4.48. The molecule has 0 aliphatic heterocycles. The molecular formula is C12H13Cl2N3S. The Labute approximate surface area is 121 Å². The Kier molecular flexibility index (Phi) is 4.10. The van der Waals surface area contributed by atoms with Gasteiger partial charge in [0.2, 0.25) is 0 Å². The van der Waals surface area contributed by atoms with Crippen molar-refractivity contribution >= 4 is 35.4 Å². The van der Waals surface area contributed by atoms with Crippen molar-refractivity contribution in [3.05, 3.63) is 33.0 Å². The van der Waals surface area contributed by atoms with Crippen LogP contribution in [0.1, 0.15) is 13.8 Å². The van der Waals surface area contributed by atoms with Crippen molar-refractivity contribution in [3.8, 4) is 11.4 Å². The van der Waals surface area contributed by atoms with Gasteiger partial charge in [0.05, 0.1) is 5.02 Å². The molecule has 0 unspecified atom stereocenters. The van der Waals surface area contributed by atoms with Crippen molar-refractivity contribution in [1.82, 2.24) is 14.8 Å². The second kappa shape index (κ2) is 5.43. The molecule has 1 aromatic heterocycles. The predicted molar refractivity (Wildman–Crippen MR) is 77.7 cm³/mol. The average molecular weight is 302 g/mol. The van der Waals surface area contributed by atoms with Gasteiger partial charge in [0, 0.05) is 17.1 Å². The van der Waals surface area contributed by atoms with Gasteiger partial charge in [-0.1, -0.05) is 37.0 Å². The van der Waals surface area contributed by atoms with Crippen molar-refractivity contribution in [2.24, 2.45) is 5.92 Å². The number of hydrogen-bond acceptors (Lipinski definition) is 2. The number of rotatable bonds is 3. The van der Waals surface area contributed by atoms with Gasteiger partial charge >= 0.3 is 0 Å². The molecule has 18 heavy (non-hydrogen) atoms. The quantitative estimate of drug-likeness (QED) is 0.843. The maximum Gasteiger partial charge on any atom is 0.195 e. The molecule has 1 aromatic carbocycles. The first-order valence-electron chi connectivity index (χ1n) is 5.59. The molecule has 3 nitrogen and oxygen atoms in total. The van der Waals surface area contributed by atoms with Crippen LogP contribution >= 0.6 is 35.4 Å². The lowest BCUT2D eigenvalue weighted by Gasteiger charge is -2.10. The third kappa shape index (κ3) is 2.76. The van der Waals surface area contributed by atoms with Gasteiger partial charge in [0.1, 0.15) is 0 Å². The van der Waals surface area contributed by atoms with Gasteiger partial charge < -0.3 is 0 Å². The van der Waals surface area contributed by atoms with Crippen molar-refractivity contribution < 1.29 is 0 Å². The van der Waals surface area contributed by atoms with E-state index in [9.17, 15) is 0 Å². The normalized spacial score (nSPS) is 11.2. The van der Waals surface area contributed by atoms with E-state index in [1.54, 1.807) is 18.2 Å². The fourth-order valence-electron chi connectivity index (χ4n) is 1.73. The van der Waals surface area contributed by atoms with Crippen LogP contribution in [0, 0.1) is 10.7 Å². The Morgan fingerprint density at radius 3 is 2.78 bits per heavy atom. The smallest absolute Gasteiger partial charge is 0.195 e. The predicted octanol–water partition coefficient (Wildman–Crippen LogP) is 4.57. The van der Waals surface area contributed by atoms with Gasteiger partial charge in [-0.05, 0) is 36.3 Å². The third-order valence-corrected chi connectivity index (χ3v) is 3.35. The van der Waals surface area contributed by atoms with Gasteiger partial charge in [-0.15, -0.1) is 0 Å². The van der Waals surface area contributed by atoms with E-state index in [2.05, 4.69) is 24.0 Å². The summed E-state index contributed by atoms with van der Waals surface area (Å²) in [5.74, 6) is 1.19. The molecule has 96 valence electrons. The molecule has 0 fully saturated rings. The maximum atomic E-state index is 6.19. The van der Waals surface area contributed by atoms with Crippen LogP contribution in [0.2, 0.25) is 10.0 Å². The number of H-pyrrole nitrogens is 1. The first-order valence-corrected chi connectivity index (χ1v) is 6.76. The van der Waals surface area contributed by atoms with Crippen LogP contribution in [0.25, 0.3) is 11.4 Å². The van der Waals surface area contributed by atoms with E-state index in [1.165, 1.54) is 0 Å². The molecule has 2 rings (SSSR count). The first-order chi connectivity index (χ1) is 8.49. The second-order valence-corrected chi connectivity index (χ2v) is 5.71. The Morgan fingerprint density at radius 1 is 1.39 bits per heavy atom. The monoisotopic (exact) mass is 301 g/mol. The molecule has 0 amide bonds. The summed E-state index contributed by atoms with van der Waals surface area (Å²) in [6.07, 6.45) is 0. The summed E-state index contributed by atoms with van der Waals surface area (Å²) < 4.78 is 2.53. The molecule has 6 heteroatoms. The molecule has 0 atom stereocenters. The molecule has 0 aliphatic carbocycles. The Morgan fingerprint density at radius 2 is 2.11 bits per heavy atom. The zero-order chi connectivity index (χ0) is 13.3. The summed E-state index contributed by atoms with van der Waals surface area (Å²) in [7, 11) is 0. The Balaban J connectivity index is 2.57. The number of aromatic amines is 1. The fraction of sp³-hybridized carbons (Fsp3) is 0.333. The standard InChI is InChI=1S/C12H13Cl2N3S/c1-7(2)6-17-11(15-16-12(17)18)9-5-8(13)3-4-10(9)14/h3-5,7H,6H2,1-2H3,(H,16,18). The molecule has 0 saturated heterocycles. The maximum absolute atomic E-state index is 6.19. The summed E-state index contributed by atoms with van der Waals surface area (Å²) in [4.78, 5) is 0. The van der Waals surface area contributed by atoms with E-state index in [-0.39, 0.29) is 0 Å². The summed E-state index contributed by atoms with van der Waals surface area (Å²) in [5, 5.41) is 8.28. The number of nitrogens with zero attached hydrogens (tertiary/aromatic N) is 2. The minimum Gasteiger partial charge on any atom is -0.300 e. The lowest BCUT2D eigenvalue weighted by Crippen LogP contribution is -2.06. The number of benzene rings is 1. The lowest BCUT2D eigenvalue weighted by molar-refractivity contribution is 0.521. The Hall–Kier alpha value is -0.840.